The van der Waals surface area contributed by atoms with Gasteiger partial charge in [0.2, 0.25) is 0 Å². The minimum Gasteiger partial charge on any atom is -0.469 e. The second-order valence-corrected chi connectivity index (χ2v) is 6.99. The number of hydrogen-bond donors (Lipinski definition) is 2. The average molecular weight is 341 g/mol. The number of aliphatic hydroxyl groups is 1. The van der Waals surface area contributed by atoms with Crippen molar-refractivity contribution in [3.63, 3.8) is 0 Å². The maximum atomic E-state index is 11.6. The molecule has 0 aromatic carbocycles. The first-order chi connectivity index (χ1) is 11.5. The number of carbonyl (C=O) groups excluding carboxylic acids is 1. The van der Waals surface area contributed by atoms with E-state index in [1.165, 1.54) is 7.11 Å². The summed E-state index contributed by atoms with van der Waals surface area (Å²) < 4.78 is 4.85. The van der Waals surface area contributed by atoms with E-state index in [0.29, 0.717) is 11.8 Å². The minimum atomic E-state index is -0.100. The first kappa shape index (κ1) is 20.7. The van der Waals surface area contributed by atoms with Crippen LogP contribution in [0.25, 0.3) is 0 Å². The van der Waals surface area contributed by atoms with Gasteiger partial charge in [0.05, 0.1) is 13.0 Å². The summed E-state index contributed by atoms with van der Waals surface area (Å²) in [5.41, 5.74) is 0. The molecule has 1 atom stereocenters. The maximum Gasteiger partial charge on any atom is 0.308 e. The van der Waals surface area contributed by atoms with Crippen molar-refractivity contribution in [3.8, 4) is 0 Å². The molecule has 6 heteroatoms. The van der Waals surface area contributed by atoms with Gasteiger partial charge in [0.15, 0.2) is 5.96 Å². The number of nitrogens with zero attached hydrogens (tertiary/aromatic N) is 2. The molecule has 0 aliphatic carbocycles. The molecule has 1 aliphatic rings. The van der Waals surface area contributed by atoms with Crippen LogP contribution >= 0.6 is 0 Å². The smallest absolute Gasteiger partial charge is 0.308 e. The zero-order valence-electron chi connectivity index (χ0n) is 15.8. The quantitative estimate of drug-likeness (QED) is 0.401. The molecule has 0 aromatic heterocycles. The fourth-order valence-electron chi connectivity index (χ4n) is 3.27. The summed E-state index contributed by atoms with van der Waals surface area (Å²) in [5, 5.41) is 12.6. The third-order valence-corrected chi connectivity index (χ3v) is 4.51. The van der Waals surface area contributed by atoms with Gasteiger partial charge in [-0.15, -0.1) is 0 Å². The SMILES string of the molecule is CCNC(=NCC(CCO)CC(C)C)N1CCC(C(=O)OC)CC1. The third kappa shape index (κ3) is 7.07. The van der Waals surface area contributed by atoms with Crippen LogP contribution in [-0.4, -0.2) is 61.8 Å². The van der Waals surface area contributed by atoms with Gasteiger partial charge < -0.3 is 20.1 Å². The minimum absolute atomic E-state index is 0.0113. The van der Waals surface area contributed by atoms with Crippen LogP contribution in [-0.2, 0) is 9.53 Å². The summed E-state index contributed by atoms with van der Waals surface area (Å²) in [6.45, 7) is 9.89. The van der Waals surface area contributed by atoms with Crippen LogP contribution in [0.2, 0.25) is 0 Å². The summed E-state index contributed by atoms with van der Waals surface area (Å²) in [6.07, 6.45) is 3.49. The Kier molecular flexibility index (Phi) is 9.76. The normalized spacial score (nSPS) is 17.9. The molecule has 1 unspecified atom stereocenters. The van der Waals surface area contributed by atoms with Crippen LogP contribution in [0.4, 0.5) is 0 Å². The maximum absolute atomic E-state index is 11.6. The number of ether oxygens (including phenoxy) is 1. The topological polar surface area (TPSA) is 74.2 Å². The Morgan fingerprint density at radius 3 is 2.54 bits per heavy atom. The summed E-state index contributed by atoms with van der Waals surface area (Å²) in [6, 6.07) is 0. The predicted octanol–water partition coefficient (Wildman–Crippen LogP) is 1.88. The van der Waals surface area contributed by atoms with Crippen molar-refractivity contribution in [2.24, 2.45) is 22.7 Å². The molecule has 1 heterocycles. The zero-order chi connectivity index (χ0) is 17.9. The lowest BCUT2D eigenvalue weighted by Gasteiger charge is -2.33. The molecule has 2 N–H and O–H groups in total. The molecule has 0 bridgehead atoms. The highest BCUT2D eigenvalue weighted by molar-refractivity contribution is 5.80. The molecule has 6 nitrogen and oxygen atoms in total. The van der Waals surface area contributed by atoms with E-state index in [1.807, 2.05) is 0 Å². The van der Waals surface area contributed by atoms with Crippen molar-refractivity contribution in [3.05, 3.63) is 0 Å². The number of nitrogens with one attached hydrogen (secondary N) is 1. The Hall–Kier alpha value is -1.30. The Morgan fingerprint density at radius 1 is 1.38 bits per heavy atom. The van der Waals surface area contributed by atoms with Gasteiger partial charge in [-0.05, 0) is 44.4 Å². The summed E-state index contributed by atoms with van der Waals surface area (Å²) in [5.74, 6) is 1.85. The van der Waals surface area contributed by atoms with Crippen molar-refractivity contribution >= 4 is 11.9 Å². The van der Waals surface area contributed by atoms with Crippen LogP contribution in [0.15, 0.2) is 4.99 Å². The number of guanidine groups is 1. The number of rotatable bonds is 8. The largest absolute Gasteiger partial charge is 0.469 e. The monoisotopic (exact) mass is 341 g/mol. The second kappa shape index (κ2) is 11.3. The standard InChI is InChI=1S/C18H35N3O3/c1-5-19-18(20-13-15(8-11-22)12-14(2)3)21-9-6-16(7-10-21)17(23)24-4/h14-16,22H,5-13H2,1-4H3,(H,19,20). The number of likely N-dealkylation sites (tertiary alicyclic amines) is 1. The van der Waals surface area contributed by atoms with Gasteiger partial charge >= 0.3 is 5.97 Å². The highest BCUT2D eigenvalue weighted by Gasteiger charge is 2.27. The number of aliphatic hydroxyl groups excluding tert-OH is 1. The fourth-order valence-corrected chi connectivity index (χ4v) is 3.27. The van der Waals surface area contributed by atoms with E-state index in [0.717, 1.165) is 57.8 Å². The highest BCUT2D eigenvalue weighted by atomic mass is 16.5. The molecule has 1 saturated heterocycles. The van der Waals surface area contributed by atoms with Crippen LogP contribution in [0.5, 0.6) is 0 Å². The zero-order valence-corrected chi connectivity index (χ0v) is 15.8. The number of carbonyl (C=O) groups is 1. The van der Waals surface area contributed by atoms with Gasteiger partial charge in [0, 0.05) is 32.8 Å². The molecule has 0 amide bonds. The van der Waals surface area contributed by atoms with Crippen LogP contribution in [0, 0.1) is 17.8 Å². The Bertz CT molecular complexity index is 391. The highest BCUT2D eigenvalue weighted by Crippen LogP contribution is 2.19. The summed E-state index contributed by atoms with van der Waals surface area (Å²) in [7, 11) is 1.45. The van der Waals surface area contributed by atoms with Crippen molar-refractivity contribution < 1.29 is 14.6 Å². The van der Waals surface area contributed by atoms with Gasteiger partial charge in [0.25, 0.3) is 0 Å². The second-order valence-electron chi connectivity index (χ2n) is 6.99. The number of esters is 1. The van der Waals surface area contributed by atoms with Gasteiger partial charge in [-0.25, -0.2) is 0 Å². The van der Waals surface area contributed by atoms with Crippen molar-refractivity contribution in [2.45, 2.75) is 46.5 Å². The molecule has 0 saturated carbocycles. The molecule has 1 fully saturated rings. The van der Waals surface area contributed by atoms with Crippen LogP contribution < -0.4 is 5.32 Å². The molecule has 24 heavy (non-hydrogen) atoms. The van der Waals surface area contributed by atoms with E-state index < -0.39 is 0 Å². The van der Waals surface area contributed by atoms with Crippen molar-refractivity contribution in [1.29, 1.82) is 0 Å². The molecule has 1 aliphatic heterocycles. The van der Waals surface area contributed by atoms with E-state index in [9.17, 15) is 9.90 Å². The molecule has 0 aromatic rings. The van der Waals surface area contributed by atoms with E-state index in [-0.39, 0.29) is 18.5 Å². The van der Waals surface area contributed by atoms with Gasteiger partial charge in [-0.2, -0.15) is 0 Å². The van der Waals surface area contributed by atoms with Crippen LogP contribution in [0.3, 0.4) is 0 Å². The average Bonchev–Trinajstić information content (AvgIpc) is 2.57. The number of piperidine rings is 1. The molecular weight excluding hydrogens is 306 g/mol. The number of hydrogen-bond acceptors (Lipinski definition) is 4. The van der Waals surface area contributed by atoms with Crippen molar-refractivity contribution in [2.75, 3.05) is 39.9 Å². The number of methoxy groups -OCH3 is 1. The number of aliphatic imine (C=N–C) groups is 1. The molecular formula is C18H35N3O3. The predicted molar refractivity (Wildman–Crippen MR) is 96.9 cm³/mol. The fraction of sp³-hybridized carbons (Fsp3) is 0.889. The van der Waals surface area contributed by atoms with E-state index in [4.69, 9.17) is 9.73 Å². The third-order valence-electron chi connectivity index (χ3n) is 4.51. The van der Waals surface area contributed by atoms with Crippen LogP contribution in [0.1, 0.15) is 46.5 Å². The van der Waals surface area contributed by atoms with E-state index in [1.54, 1.807) is 0 Å². The molecule has 0 radical (unpaired) electrons. The summed E-state index contributed by atoms with van der Waals surface area (Å²) in [4.78, 5) is 18.7. The van der Waals surface area contributed by atoms with Gasteiger partial charge in [0.1, 0.15) is 0 Å². The molecule has 140 valence electrons. The van der Waals surface area contributed by atoms with Gasteiger partial charge in [-0.1, -0.05) is 13.8 Å². The Labute approximate surface area is 146 Å². The molecule has 1 rings (SSSR count). The Balaban J connectivity index is 2.63. The van der Waals surface area contributed by atoms with Gasteiger partial charge in [-0.3, -0.25) is 9.79 Å². The Morgan fingerprint density at radius 2 is 2.04 bits per heavy atom. The first-order valence-corrected chi connectivity index (χ1v) is 9.23. The molecule has 0 spiro atoms. The lowest BCUT2D eigenvalue weighted by Crippen LogP contribution is -2.46. The first-order valence-electron chi connectivity index (χ1n) is 9.23. The summed E-state index contributed by atoms with van der Waals surface area (Å²) >= 11 is 0. The van der Waals surface area contributed by atoms with Crippen molar-refractivity contribution in [1.82, 2.24) is 10.2 Å². The lowest BCUT2D eigenvalue weighted by molar-refractivity contribution is -0.146. The van der Waals surface area contributed by atoms with E-state index in [2.05, 4.69) is 31.0 Å². The van der Waals surface area contributed by atoms with E-state index >= 15 is 0 Å². The lowest BCUT2D eigenvalue weighted by atomic mass is 9.94.